The third-order valence-electron chi connectivity index (χ3n) is 4.05. The molecule has 0 aliphatic carbocycles. The number of aromatic nitrogens is 2. The minimum Gasteiger partial charge on any atom is -0.340 e. The van der Waals surface area contributed by atoms with Crippen LogP contribution in [0, 0.1) is 0 Å². The highest BCUT2D eigenvalue weighted by Gasteiger charge is 2.20. The maximum Gasteiger partial charge on any atom is 0.206 e. The minimum atomic E-state index is 0.976. The molecule has 102 valence electrons. The second-order valence-corrected chi connectivity index (χ2v) is 5.07. The highest BCUT2D eigenvalue weighted by Crippen LogP contribution is 2.23. The maximum absolute atomic E-state index is 4.83. The van der Waals surface area contributed by atoms with Crippen molar-refractivity contribution in [1.29, 1.82) is 0 Å². The Morgan fingerprint density at radius 3 is 2.42 bits per heavy atom. The lowest BCUT2D eigenvalue weighted by Crippen LogP contribution is -2.47. The van der Waals surface area contributed by atoms with Gasteiger partial charge in [-0.2, -0.15) is 0 Å². The number of likely N-dealkylation sites (N-methyl/N-ethyl adjacent to an activating group) is 1. The van der Waals surface area contributed by atoms with Crippen LogP contribution in [-0.2, 0) is 6.54 Å². The largest absolute Gasteiger partial charge is 0.340 e. The van der Waals surface area contributed by atoms with E-state index in [1.165, 1.54) is 5.52 Å². The van der Waals surface area contributed by atoms with Gasteiger partial charge in [-0.25, -0.2) is 4.98 Å². The number of nitrogens with zero attached hydrogens (tertiary/aromatic N) is 4. The van der Waals surface area contributed by atoms with Crippen molar-refractivity contribution in [3.8, 4) is 0 Å². The first-order valence-corrected chi connectivity index (χ1v) is 7.26. The molecule has 0 bridgehead atoms. The monoisotopic (exact) mass is 258 g/mol. The van der Waals surface area contributed by atoms with Crippen LogP contribution in [0.5, 0.6) is 0 Å². The van der Waals surface area contributed by atoms with Gasteiger partial charge in [-0.1, -0.05) is 19.1 Å². The Kier molecular flexibility index (Phi) is 3.42. The average molecular weight is 258 g/mol. The van der Waals surface area contributed by atoms with Gasteiger partial charge in [0.2, 0.25) is 5.95 Å². The molecule has 1 fully saturated rings. The highest BCUT2D eigenvalue weighted by molar-refractivity contribution is 5.78. The van der Waals surface area contributed by atoms with E-state index in [1.807, 2.05) is 0 Å². The number of hydrogen-bond acceptors (Lipinski definition) is 3. The van der Waals surface area contributed by atoms with Gasteiger partial charge in [-0.05, 0) is 25.6 Å². The van der Waals surface area contributed by atoms with E-state index in [2.05, 4.69) is 52.5 Å². The molecule has 1 aliphatic heterocycles. The van der Waals surface area contributed by atoms with Crippen LogP contribution in [0.3, 0.4) is 0 Å². The molecule has 1 aliphatic rings. The summed E-state index contributed by atoms with van der Waals surface area (Å²) in [5, 5.41) is 0. The molecular formula is C15H22N4. The molecule has 0 N–H and O–H groups in total. The van der Waals surface area contributed by atoms with Crippen molar-refractivity contribution in [2.75, 3.05) is 37.6 Å². The lowest BCUT2D eigenvalue weighted by molar-refractivity contribution is 0.269. The first-order valence-electron chi connectivity index (χ1n) is 7.26. The molecule has 0 atom stereocenters. The average Bonchev–Trinajstić information content (AvgIpc) is 2.85. The van der Waals surface area contributed by atoms with Crippen molar-refractivity contribution in [2.45, 2.75) is 20.4 Å². The number of imidazole rings is 1. The molecule has 0 saturated carbocycles. The fourth-order valence-electron chi connectivity index (χ4n) is 2.88. The first-order chi connectivity index (χ1) is 9.33. The summed E-state index contributed by atoms with van der Waals surface area (Å²) in [7, 11) is 0. The van der Waals surface area contributed by atoms with E-state index >= 15 is 0 Å². The summed E-state index contributed by atoms with van der Waals surface area (Å²) < 4.78 is 2.33. The topological polar surface area (TPSA) is 24.3 Å². The smallest absolute Gasteiger partial charge is 0.206 e. The quantitative estimate of drug-likeness (QED) is 0.843. The number of fused-ring (bicyclic) bond motifs is 1. The van der Waals surface area contributed by atoms with Gasteiger partial charge in [0.05, 0.1) is 11.0 Å². The Labute approximate surface area is 114 Å². The zero-order valence-corrected chi connectivity index (χ0v) is 11.8. The summed E-state index contributed by atoms with van der Waals surface area (Å²) in [6, 6.07) is 8.42. The second kappa shape index (κ2) is 5.21. The maximum atomic E-state index is 4.83. The summed E-state index contributed by atoms with van der Waals surface area (Å²) in [6.07, 6.45) is 0. The van der Waals surface area contributed by atoms with Crippen LogP contribution in [0.1, 0.15) is 13.8 Å². The van der Waals surface area contributed by atoms with E-state index in [-0.39, 0.29) is 0 Å². The van der Waals surface area contributed by atoms with E-state index in [4.69, 9.17) is 4.98 Å². The summed E-state index contributed by atoms with van der Waals surface area (Å²) in [5.74, 6) is 1.14. The summed E-state index contributed by atoms with van der Waals surface area (Å²) in [5.41, 5.74) is 2.36. The minimum absolute atomic E-state index is 0.976. The number of rotatable bonds is 3. The van der Waals surface area contributed by atoms with Crippen molar-refractivity contribution in [3.05, 3.63) is 24.3 Å². The number of anilines is 1. The molecule has 19 heavy (non-hydrogen) atoms. The number of aryl methyl sites for hydroxylation is 1. The van der Waals surface area contributed by atoms with Gasteiger partial charge in [-0.15, -0.1) is 0 Å². The Morgan fingerprint density at radius 1 is 1.00 bits per heavy atom. The molecule has 0 radical (unpaired) electrons. The van der Waals surface area contributed by atoms with E-state index in [0.29, 0.717) is 0 Å². The third kappa shape index (κ3) is 2.21. The van der Waals surface area contributed by atoms with E-state index in [9.17, 15) is 0 Å². The molecule has 2 aromatic rings. The Morgan fingerprint density at radius 2 is 1.74 bits per heavy atom. The zero-order chi connectivity index (χ0) is 13.2. The van der Waals surface area contributed by atoms with Gasteiger partial charge in [0.1, 0.15) is 0 Å². The van der Waals surface area contributed by atoms with Crippen LogP contribution < -0.4 is 4.90 Å². The number of para-hydroxylation sites is 2. The van der Waals surface area contributed by atoms with E-state index < -0.39 is 0 Å². The van der Waals surface area contributed by atoms with Crippen LogP contribution in [0.25, 0.3) is 11.0 Å². The lowest BCUT2D eigenvalue weighted by atomic mass is 10.3. The number of piperazine rings is 1. The van der Waals surface area contributed by atoms with Crippen LogP contribution in [-0.4, -0.2) is 47.2 Å². The van der Waals surface area contributed by atoms with Crippen LogP contribution in [0.2, 0.25) is 0 Å². The second-order valence-electron chi connectivity index (χ2n) is 5.07. The van der Waals surface area contributed by atoms with Crippen molar-refractivity contribution in [1.82, 2.24) is 14.5 Å². The normalized spacial score (nSPS) is 17.3. The Balaban J connectivity index is 1.92. The third-order valence-corrected chi connectivity index (χ3v) is 4.05. The van der Waals surface area contributed by atoms with Gasteiger partial charge < -0.3 is 14.4 Å². The molecule has 0 amide bonds. The van der Waals surface area contributed by atoms with Crippen molar-refractivity contribution in [2.24, 2.45) is 0 Å². The molecule has 1 aromatic heterocycles. The van der Waals surface area contributed by atoms with Gasteiger partial charge in [0, 0.05) is 32.7 Å². The number of hydrogen-bond donors (Lipinski definition) is 0. The molecular weight excluding hydrogens is 236 g/mol. The molecule has 0 spiro atoms. The van der Waals surface area contributed by atoms with Crippen LogP contribution >= 0.6 is 0 Å². The molecule has 3 rings (SSSR count). The predicted molar refractivity (Wildman–Crippen MR) is 79.7 cm³/mol. The molecule has 1 saturated heterocycles. The molecule has 4 nitrogen and oxygen atoms in total. The summed E-state index contributed by atoms with van der Waals surface area (Å²) >= 11 is 0. The molecule has 0 unspecified atom stereocenters. The van der Waals surface area contributed by atoms with E-state index in [1.54, 1.807) is 0 Å². The lowest BCUT2D eigenvalue weighted by Gasteiger charge is -2.34. The highest BCUT2D eigenvalue weighted by atomic mass is 15.4. The summed E-state index contributed by atoms with van der Waals surface area (Å²) in [6.45, 7) is 11.0. The Hall–Kier alpha value is -1.55. The first kappa shape index (κ1) is 12.5. The fraction of sp³-hybridized carbons (Fsp3) is 0.533. The molecule has 2 heterocycles. The van der Waals surface area contributed by atoms with Crippen molar-refractivity contribution in [3.63, 3.8) is 0 Å². The standard InChI is InChI=1S/C15H22N4/c1-3-17-9-11-18(12-10-17)15-16-13-7-5-6-8-14(13)19(15)4-2/h5-8H,3-4,9-12H2,1-2H3. The number of benzene rings is 1. The van der Waals surface area contributed by atoms with E-state index in [0.717, 1.165) is 50.7 Å². The van der Waals surface area contributed by atoms with Crippen molar-refractivity contribution >= 4 is 17.0 Å². The van der Waals surface area contributed by atoms with Gasteiger partial charge >= 0.3 is 0 Å². The fourth-order valence-corrected chi connectivity index (χ4v) is 2.88. The zero-order valence-electron chi connectivity index (χ0n) is 11.8. The molecule has 4 heteroatoms. The van der Waals surface area contributed by atoms with Crippen molar-refractivity contribution < 1.29 is 0 Å². The van der Waals surface area contributed by atoms with Crippen LogP contribution in [0.15, 0.2) is 24.3 Å². The predicted octanol–water partition coefficient (Wildman–Crippen LogP) is 2.20. The summed E-state index contributed by atoms with van der Waals surface area (Å²) in [4.78, 5) is 9.75. The molecule has 1 aromatic carbocycles. The van der Waals surface area contributed by atoms with Gasteiger partial charge in [0.15, 0.2) is 0 Å². The SMILES string of the molecule is CCN1CCN(c2nc3ccccc3n2CC)CC1. The van der Waals surface area contributed by atoms with Gasteiger partial charge in [-0.3, -0.25) is 0 Å². The Bertz CT molecular complexity index is 552. The van der Waals surface area contributed by atoms with Crippen LogP contribution in [0.4, 0.5) is 5.95 Å². The van der Waals surface area contributed by atoms with Gasteiger partial charge in [0.25, 0.3) is 0 Å².